The van der Waals surface area contributed by atoms with Crippen molar-refractivity contribution < 1.29 is 9.21 Å². The standard InChI is InChI=1S/C21H17ClN2O2/c1-13-17-12-19(26-20(17)16-4-2-3-5-18(16)24-13)21(25)23-11-10-14-6-8-15(22)9-7-14/h2-9,12H,10-11H2,1H3,(H,23,25). The van der Waals surface area contributed by atoms with Crippen LogP contribution in [0.3, 0.4) is 0 Å². The van der Waals surface area contributed by atoms with Gasteiger partial charge in [0.15, 0.2) is 5.76 Å². The Balaban J connectivity index is 1.54. The minimum absolute atomic E-state index is 0.223. The van der Waals surface area contributed by atoms with Crippen LogP contribution in [0, 0.1) is 6.92 Å². The number of aromatic nitrogens is 1. The molecule has 0 saturated carbocycles. The first-order valence-corrected chi connectivity index (χ1v) is 8.81. The summed E-state index contributed by atoms with van der Waals surface area (Å²) in [7, 11) is 0. The van der Waals surface area contributed by atoms with E-state index in [1.165, 1.54) is 0 Å². The molecule has 4 rings (SSSR count). The highest BCUT2D eigenvalue weighted by Crippen LogP contribution is 2.29. The summed E-state index contributed by atoms with van der Waals surface area (Å²) in [5.74, 6) is 0.0796. The van der Waals surface area contributed by atoms with Gasteiger partial charge in [-0.05, 0) is 49.2 Å². The molecule has 0 bridgehead atoms. The average Bonchev–Trinajstić information content (AvgIpc) is 3.10. The number of carbonyl (C=O) groups excluding carboxylic acids is 1. The summed E-state index contributed by atoms with van der Waals surface area (Å²) >= 11 is 5.88. The normalized spacial score (nSPS) is 11.2. The molecule has 0 saturated heterocycles. The van der Waals surface area contributed by atoms with Gasteiger partial charge in [-0.3, -0.25) is 9.78 Å². The average molecular weight is 365 g/mol. The van der Waals surface area contributed by atoms with Crippen molar-refractivity contribution in [2.45, 2.75) is 13.3 Å². The number of carbonyl (C=O) groups is 1. The van der Waals surface area contributed by atoms with Gasteiger partial charge in [0.2, 0.25) is 0 Å². The predicted molar refractivity (Wildman–Crippen MR) is 104 cm³/mol. The molecule has 0 radical (unpaired) electrons. The maximum atomic E-state index is 12.5. The first-order chi connectivity index (χ1) is 12.6. The molecule has 2 aromatic heterocycles. The topological polar surface area (TPSA) is 55.1 Å². The van der Waals surface area contributed by atoms with Crippen LogP contribution in [0.1, 0.15) is 21.8 Å². The minimum Gasteiger partial charge on any atom is -0.450 e. The maximum Gasteiger partial charge on any atom is 0.287 e. The summed E-state index contributed by atoms with van der Waals surface area (Å²) in [5, 5.41) is 5.39. The van der Waals surface area contributed by atoms with E-state index in [1.54, 1.807) is 6.07 Å². The van der Waals surface area contributed by atoms with Crippen LogP contribution >= 0.6 is 11.6 Å². The number of fused-ring (bicyclic) bond motifs is 3. The number of nitrogens with one attached hydrogen (secondary N) is 1. The lowest BCUT2D eigenvalue weighted by molar-refractivity contribution is 0.0929. The van der Waals surface area contributed by atoms with Gasteiger partial charge in [-0.1, -0.05) is 35.9 Å². The first kappa shape index (κ1) is 16.6. The molecule has 2 aromatic carbocycles. The Morgan fingerprint density at radius 2 is 1.88 bits per heavy atom. The number of pyridine rings is 1. The van der Waals surface area contributed by atoms with E-state index in [0.717, 1.165) is 34.0 Å². The molecule has 5 heteroatoms. The van der Waals surface area contributed by atoms with Crippen molar-refractivity contribution in [1.82, 2.24) is 10.3 Å². The van der Waals surface area contributed by atoms with Gasteiger partial charge in [0.25, 0.3) is 5.91 Å². The Labute approximate surface area is 155 Å². The van der Waals surface area contributed by atoms with Gasteiger partial charge in [-0.2, -0.15) is 0 Å². The van der Waals surface area contributed by atoms with Gasteiger partial charge in [-0.15, -0.1) is 0 Å². The summed E-state index contributed by atoms with van der Waals surface area (Å²) in [4.78, 5) is 17.0. The summed E-state index contributed by atoms with van der Waals surface area (Å²) in [6, 6.07) is 17.1. The van der Waals surface area contributed by atoms with Crippen LogP contribution in [0.4, 0.5) is 0 Å². The van der Waals surface area contributed by atoms with Crippen molar-refractivity contribution in [3.63, 3.8) is 0 Å². The molecule has 0 aliphatic carbocycles. The largest absolute Gasteiger partial charge is 0.450 e. The second-order valence-corrected chi connectivity index (χ2v) is 6.64. The minimum atomic E-state index is -0.223. The molecular weight excluding hydrogens is 348 g/mol. The van der Waals surface area contributed by atoms with Gasteiger partial charge >= 0.3 is 0 Å². The van der Waals surface area contributed by atoms with Crippen molar-refractivity contribution in [3.8, 4) is 0 Å². The van der Waals surface area contributed by atoms with Crippen LogP contribution in [0.15, 0.2) is 59.0 Å². The molecular formula is C21H17ClN2O2. The van der Waals surface area contributed by atoms with E-state index in [9.17, 15) is 4.79 Å². The Hall–Kier alpha value is -2.85. The maximum absolute atomic E-state index is 12.5. The molecule has 2 heterocycles. The third-order valence-corrected chi connectivity index (χ3v) is 4.65. The van der Waals surface area contributed by atoms with Crippen molar-refractivity contribution in [3.05, 3.63) is 76.6 Å². The zero-order valence-corrected chi connectivity index (χ0v) is 15.0. The summed E-state index contributed by atoms with van der Waals surface area (Å²) < 4.78 is 5.87. The Bertz CT molecular complexity index is 1100. The molecule has 4 aromatic rings. The van der Waals surface area contributed by atoms with Crippen LogP contribution in [-0.4, -0.2) is 17.4 Å². The fourth-order valence-corrected chi connectivity index (χ4v) is 3.16. The highest BCUT2D eigenvalue weighted by Gasteiger charge is 2.16. The van der Waals surface area contributed by atoms with Gasteiger partial charge in [0, 0.05) is 28.0 Å². The van der Waals surface area contributed by atoms with Gasteiger partial charge in [0.05, 0.1) is 5.52 Å². The smallest absolute Gasteiger partial charge is 0.287 e. The number of benzene rings is 2. The van der Waals surface area contributed by atoms with Crippen LogP contribution in [0.2, 0.25) is 5.02 Å². The molecule has 0 fully saturated rings. The number of halogens is 1. The molecule has 130 valence electrons. The molecule has 26 heavy (non-hydrogen) atoms. The molecule has 0 atom stereocenters. The van der Waals surface area contributed by atoms with Gasteiger partial charge in [0.1, 0.15) is 5.58 Å². The van der Waals surface area contributed by atoms with Crippen LogP contribution in [-0.2, 0) is 6.42 Å². The molecule has 0 aliphatic heterocycles. The van der Waals surface area contributed by atoms with E-state index in [0.29, 0.717) is 22.9 Å². The second-order valence-electron chi connectivity index (χ2n) is 6.20. The molecule has 1 amide bonds. The Morgan fingerprint density at radius 1 is 1.12 bits per heavy atom. The van der Waals surface area contributed by atoms with E-state index in [4.69, 9.17) is 16.0 Å². The zero-order valence-electron chi connectivity index (χ0n) is 14.3. The number of hydrogen-bond donors (Lipinski definition) is 1. The number of hydrogen-bond acceptors (Lipinski definition) is 3. The molecule has 0 spiro atoms. The van der Waals surface area contributed by atoms with E-state index in [1.807, 2.05) is 55.5 Å². The lowest BCUT2D eigenvalue weighted by Crippen LogP contribution is -2.25. The molecule has 0 aliphatic rings. The lowest BCUT2D eigenvalue weighted by atomic mass is 10.1. The fraction of sp³-hybridized carbons (Fsp3) is 0.143. The number of furan rings is 1. The van der Waals surface area contributed by atoms with Crippen molar-refractivity contribution in [2.75, 3.05) is 6.54 Å². The number of nitrogens with zero attached hydrogens (tertiary/aromatic N) is 1. The molecule has 1 N–H and O–H groups in total. The number of aryl methyl sites for hydroxylation is 1. The molecule has 0 unspecified atom stereocenters. The number of para-hydroxylation sites is 1. The summed E-state index contributed by atoms with van der Waals surface area (Å²) in [6.07, 6.45) is 0.729. The monoisotopic (exact) mass is 364 g/mol. The van der Waals surface area contributed by atoms with E-state index in [2.05, 4.69) is 10.3 Å². The molecule has 4 nitrogen and oxygen atoms in total. The van der Waals surface area contributed by atoms with Crippen molar-refractivity contribution in [1.29, 1.82) is 0 Å². The zero-order chi connectivity index (χ0) is 18.1. The lowest BCUT2D eigenvalue weighted by Gasteiger charge is -2.03. The highest BCUT2D eigenvalue weighted by atomic mass is 35.5. The fourth-order valence-electron chi connectivity index (χ4n) is 3.03. The van der Waals surface area contributed by atoms with Crippen molar-refractivity contribution in [2.24, 2.45) is 0 Å². The summed E-state index contributed by atoms with van der Waals surface area (Å²) in [5.41, 5.74) is 3.53. The van der Waals surface area contributed by atoms with Crippen molar-refractivity contribution >= 4 is 39.4 Å². The Kier molecular flexibility index (Phi) is 4.35. The second kappa shape index (κ2) is 6.81. The number of rotatable bonds is 4. The third-order valence-electron chi connectivity index (χ3n) is 4.39. The quantitative estimate of drug-likeness (QED) is 0.559. The van der Waals surface area contributed by atoms with Crippen LogP contribution in [0.5, 0.6) is 0 Å². The third kappa shape index (κ3) is 3.16. The predicted octanol–water partition coefficient (Wildman–Crippen LogP) is 4.92. The van der Waals surface area contributed by atoms with Gasteiger partial charge < -0.3 is 9.73 Å². The SMILES string of the molecule is Cc1nc2ccccc2c2oc(C(=O)NCCc3ccc(Cl)cc3)cc12. The summed E-state index contributed by atoms with van der Waals surface area (Å²) in [6.45, 7) is 2.45. The van der Waals surface area contributed by atoms with Gasteiger partial charge in [-0.25, -0.2) is 0 Å². The van der Waals surface area contributed by atoms with E-state index in [-0.39, 0.29) is 5.91 Å². The van der Waals surface area contributed by atoms with Crippen LogP contribution in [0.25, 0.3) is 21.9 Å². The number of amides is 1. The Morgan fingerprint density at radius 3 is 2.69 bits per heavy atom. The first-order valence-electron chi connectivity index (χ1n) is 8.43. The van der Waals surface area contributed by atoms with Crippen LogP contribution < -0.4 is 5.32 Å². The van der Waals surface area contributed by atoms with E-state index >= 15 is 0 Å². The highest BCUT2D eigenvalue weighted by molar-refractivity contribution is 6.30. The van der Waals surface area contributed by atoms with E-state index < -0.39 is 0 Å².